The van der Waals surface area contributed by atoms with Crippen LogP contribution in [0.5, 0.6) is 0 Å². The molecule has 2 atom stereocenters. The Labute approximate surface area is 130 Å². The highest BCUT2D eigenvalue weighted by molar-refractivity contribution is 5.17. The molecule has 3 rings (SSSR count). The molecular weight excluding hydrogens is 281 g/mol. The Balaban J connectivity index is 1.66. The van der Waals surface area contributed by atoms with Crippen LogP contribution in [0.4, 0.5) is 4.39 Å². The number of nitrogens with one attached hydrogen (secondary N) is 1. The van der Waals surface area contributed by atoms with Gasteiger partial charge in [-0.1, -0.05) is 12.1 Å². The summed E-state index contributed by atoms with van der Waals surface area (Å²) >= 11 is 0. The monoisotopic (exact) mass is 303 g/mol. The van der Waals surface area contributed by atoms with Gasteiger partial charge in [-0.25, -0.2) is 9.37 Å². The van der Waals surface area contributed by atoms with Crippen LogP contribution in [-0.4, -0.2) is 41.2 Å². The molecule has 1 aromatic heterocycles. The fourth-order valence-corrected chi connectivity index (χ4v) is 3.30. The van der Waals surface area contributed by atoms with Crippen molar-refractivity contribution in [3.05, 3.63) is 53.9 Å². The number of hydrogen-bond donors (Lipinski definition) is 1. The first-order chi connectivity index (χ1) is 10.7. The molecule has 0 unspecified atom stereocenters. The van der Waals surface area contributed by atoms with Crippen molar-refractivity contribution in [2.75, 3.05) is 20.2 Å². The zero-order valence-corrected chi connectivity index (χ0v) is 12.8. The molecule has 0 spiro atoms. The maximum atomic E-state index is 13.4. The smallest absolute Gasteiger partial charge is 0.123 e. The molecule has 5 heteroatoms. The quantitative estimate of drug-likeness (QED) is 0.923. The van der Waals surface area contributed by atoms with Crippen molar-refractivity contribution in [1.82, 2.24) is 14.9 Å². The van der Waals surface area contributed by atoms with E-state index in [2.05, 4.69) is 14.9 Å². The highest BCUT2D eigenvalue weighted by Gasteiger charge is 2.29. The molecule has 1 aliphatic rings. The Hall–Kier alpha value is -1.72. The van der Waals surface area contributed by atoms with E-state index in [1.54, 1.807) is 25.4 Å². The molecule has 1 saturated heterocycles. The van der Waals surface area contributed by atoms with E-state index in [4.69, 9.17) is 4.74 Å². The van der Waals surface area contributed by atoms with Crippen LogP contribution in [0.15, 0.2) is 36.7 Å². The number of rotatable bonds is 5. The lowest BCUT2D eigenvalue weighted by molar-refractivity contribution is -0.00906. The van der Waals surface area contributed by atoms with E-state index in [1.165, 1.54) is 6.07 Å². The summed E-state index contributed by atoms with van der Waals surface area (Å²) in [6.07, 6.45) is 5.70. The maximum Gasteiger partial charge on any atom is 0.123 e. The normalized spacial score (nSPS) is 22.8. The minimum Gasteiger partial charge on any atom is -0.381 e. The van der Waals surface area contributed by atoms with Gasteiger partial charge in [-0.05, 0) is 30.5 Å². The van der Waals surface area contributed by atoms with Gasteiger partial charge >= 0.3 is 0 Å². The van der Waals surface area contributed by atoms with E-state index >= 15 is 0 Å². The summed E-state index contributed by atoms with van der Waals surface area (Å²) in [5.74, 6) is 1.19. The van der Waals surface area contributed by atoms with E-state index < -0.39 is 0 Å². The van der Waals surface area contributed by atoms with Crippen molar-refractivity contribution < 1.29 is 9.13 Å². The Morgan fingerprint density at radius 3 is 3.09 bits per heavy atom. The number of benzene rings is 1. The number of likely N-dealkylation sites (tertiary alicyclic amines) is 1. The molecule has 0 aliphatic carbocycles. The van der Waals surface area contributed by atoms with Crippen molar-refractivity contribution in [3.63, 3.8) is 0 Å². The fraction of sp³-hybridized carbons (Fsp3) is 0.471. The molecule has 2 heterocycles. The Bertz CT molecular complexity index is 587. The number of aromatic nitrogens is 2. The molecule has 1 aromatic carbocycles. The number of piperidine rings is 1. The predicted molar refractivity (Wildman–Crippen MR) is 82.9 cm³/mol. The SMILES string of the molecule is CO[C@@H]1CCN(Cc2ncc[nH]2)C[C@H]1Cc1cccc(F)c1. The largest absolute Gasteiger partial charge is 0.381 e. The number of hydrogen-bond acceptors (Lipinski definition) is 3. The summed E-state index contributed by atoms with van der Waals surface area (Å²) in [5, 5.41) is 0. The fourth-order valence-electron chi connectivity index (χ4n) is 3.30. The highest BCUT2D eigenvalue weighted by atomic mass is 19.1. The lowest BCUT2D eigenvalue weighted by atomic mass is 9.88. The lowest BCUT2D eigenvalue weighted by Gasteiger charge is -2.37. The predicted octanol–water partition coefficient (Wildman–Crippen LogP) is 2.63. The zero-order chi connectivity index (χ0) is 15.4. The second-order valence-electron chi connectivity index (χ2n) is 5.93. The molecule has 0 bridgehead atoms. The first kappa shape index (κ1) is 15.2. The van der Waals surface area contributed by atoms with Gasteiger partial charge in [0.25, 0.3) is 0 Å². The topological polar surface area (TPSA) is 41.1 Å². The van der Waals surface area contributed by atoms with Gasteiger partial charge in [0.05, 0.1) is 12.6 Å². The van der Waals surface area contributed by atoms with Crippen LogP contribution in [-0.2, 0) is 17.7 Å². The average molecular weight is 303 g/mol. The van der Waals surface area contributed by atoms with Crippen molar-refractivity contribution in [1.29, 1.82) is 0 Å². The summed E-state index contributed by atoms with van der Waals surface area (Å²) in [7, 11) is 1.77. The lowest BCUT2D eigenvalue weighted by Crippen LogP contribution is -2.44. The number of ether oxygens (including phenoxy) is 1. The van der Waals surface area contributed by atoms with Crippen molar-refractivity contribution >= 4 is 0 Å². The van der Waals surface area contributed by atoms with Gasteiger partial charge in [-0.3, -0.25) is 4.90 Å². The van der Waals surface area contributed by atoms with E-state index in [0.717, 1.165) is 43.9 Å². The van der Waals surface area contributed by atoms with Crippen LogP contribution in [0.1, 0.15) is 17.8 Å². The minimum absolute atomic E-state index is 0.172. The molecule has 22 heavy (non-hydrogen) atoms. The van der Waals surface area contributed by atoms with Crippen molar-refractivity contribution in [2.24, 2.45) is 5.92 Å². The van der Waals surface area contributed by atoms with E-state index in [-0.39, 0.29) is 11.9 Å². The number of nitrogens with zero attached hydrogens (tertiary/aromatic N) is 2. The highest BCUT2D eigenvalue weighted by Crippen LogP contribution is 2.24. The number of halogens is 1. The van der Waals surface area contributed by atoms with E-state index in [9.17, 15) is 4.39 Å². The van der Waals surface area contributed by atoms with Crippen LogP contribution < -0.4 is 0 Å². The zero-order valence-electron chi connectivity index (χ0n) is 12.8. The van der Waals surface area contributed by atoms with Gasteiger partial charge < -0.3 is 9.72 Å². The Morgan fingerprint density at radius 1 is 1.45 bits per heavy atom. The molecule has 118 valence electrons. The van der Waals surface area contributed by atoms with Gasteiger partial charge in [0.2, 0.25) is 0 Å². The third-order valence-electron chi connectivity index (χ3n) is 4.37. The van der Waals surface area contributed by atoms with E-state index in [0.29, 0.717) is 5.92 Å². The molecule has 0 amide bonds. The number of aromatic amines is 1. The van der Waals surface area contributed by atoms with Gasteiger partial charge in [0, 0.05) is 38.5 Å². The maximum absolute atomic E-state index is 13.4. The molecule has 2 aromatic rings. The summed E-state index contributed by atoms with van der Waals surface area (Å²) in [5.41, 5.74) is 1.03. The third-order valence-corrected chi connectivity index (χ3v) is 4.37. The minimum atomic E-state index is -0.172. The molecule has 1 fully saturated rings. The summed E-state index contributed by atoms with van der Waals surface area (Å²) < 4.78 is 19.0. The van der Waals surface area contributed by atoms with Gasteiger partial charge in [-0.15, -0.1) is 0 Å². The molecule has 4 nitrogen and oxygen atoms in total. The molecular formula is C17H22FN3O. The number of imidazole rings is 1. The van der Waals surface area contributed by atoms with Crippen LogP contribution >= 0.6 is 0 Å². The molecule has 0 radical (unpaired) electrons. The van der Waals surface area contributed by atoms with Crippen LogP contribution in [0, 0.1) is 11.7 Å². The molecule has 1 aliphatic heterocycles. The molecule has 0 saturated carbocycles. The van der Waals surface area contributed by atoms with Gasteiger partial charge in [-0.2, -0.15) is 0 Å². The second-order valence-corrected chi connectivity index (χ2v) is 5.93. The average Bonchev–Trinajstić information content (AvgIpc) is 3.01. The third kappa shape index (κ3) is 3.72. The van der Waals surface area contributed by atoms with Crippen LogP contribution in [0.3, 0.4) is 0 Å². The summed E-state index contributed by atoms with van der Waals surface area (Å²) in [6, 6.07) is 6.87. The van der Waals surface area contributed by atoms with Gasteiger partial charge in [0.1, 0.15) is 11.6 Å². The first-order valence-corrected chi connectivity index (χ1v) is 7.72. The number of methoxy groups -OCH3 is 1. The summed E-state index contributed by atoms with van der Waals surface area (Å²) in [4.78, 5) is 9.83. The number of H-pyrrole nitrogens is 1. The summed E-state index contributed by atoms with van der Waals surface area (Å²) in [6.45, 7) is 2.76. The van der Waals surface area contributed by atoms with E-state index in [1.807, 2.05) is 12.3 Å². The molecule has 1 N–H and O–H groups in total. The second kappa shape index (κ2) is 7.03. The van der Waals surface area contributed by atoms with Crippen LogP contribution in [0.25, 0.3) is 0 Å². The first-order valence-electron chi connectivity index (χ1n) is 7.72. The van der Waals surface area contributed by atoms with Gasteiger partial charge in [0.15, 0.2) is 0 Å². The van der Waals surface area contributed by atoms with Crippen molar-refractivity contribution in [3.8, 4) is 0 Å². The Kier molecular flexibility index (Phi) is 4.85. The Morgan fingerprint density at radius 2 is 2.36 bits per heavy atom. The van der Waals surface area contributed by atoms with Crippen molar-refractivity contribution in [2.45, 2.75) is 25.5 Å². The standard InChI is InChI=1S/C17H22FN3O/c1-22-16-5-8-21(12-17-19-6-7-20-17)11-14(16)9-13-3-2-4-15(18)10-13/h2-4,6-7,10,14,16H,5,8-9,11-12H2,1H3,(H,19,20)/t14-,16-/m1/s1. The van der Waals surface area contributed by atoms with Crippen LogP contribution in [0.2, 0.25) is 0 Å².